The summed E-state index contributed by atoms with van der Waals surface area (Å²) in [4.78, 5) is 16.7. The molecule has 1 amide bonds. The third-order valence-corrected chi connectivity index (χ3v) is 5.90. The van der Waals surface area contributed by atoms with Crippen LogP contribution in [0.2, 0.25) is 0 Å². The van der Waals surface area contributed by atoms with Gasteiger partial charge in [-0.2, -0.15) is 0 Å². The minimum atomic E-state index is 0.0221. The molecule has 5 heteroatoms. The number of phenols is 1. The maximum absolute atomic E-state index is 12.5. The molecule has 2 aliphatic rings. The maximum Gasteiger partial charge on any atom is 0.261 e. The van der Waals surface area contributed by atoms with E-state index in [9.17, 15) is 9.90 Å². The van der Waals surface area contributed by atoms with E-state index in [4.69, 9.17) is 0 Å². The van der Waals surface area contributed by atoms with Gasteiger partial charge in [0.2, 0.25) is 0 Å². The first kappa shape index (κ1) is 14.7. The molecule has 3 unspecified atom stereocenters. The van der Waals surface area contributed by atoms with Gasteiger partial charge in [-0.15, -0.1) is 11.3 Å². The van der Waals surface area contributed by atoms with Crippen molar-refractivity contribution in [2.45, 2.75) is 18.9 Å². The maximum atomic E-state index is 12.5. The molecule has 0 aliphatic carbocycles. The number of nitrogens with zero attached hydrogens (tertiary/aromatic N) is 1. The van der Waals surface area contributed by atoms with E-state index in [0.29, 0.717) is 0 Å². The van der Waals surface area contributed by atoms with Crippen molar-refractivity contribution in [1.82, 2.24) is 10.2 Å². The number of rotatable bonds is 3. The fourth-order valence-electron chi connectivity index (χ4n) is 3.69. The van der Waals surface area contributed by atoms with Gasteiger partial charge in [0.05, 0.1) is 4.88 Å². The second-order valence-corrected chi connectivity index (χ2v) is 7.62. The van der Waals surface area contributed by atoms with Crippen molar-refractivity contribution in [1.29, 1.82) is 0 Å². The van der Waals surface area contributed by atoms with Crippen molar-refractivity contribution in [3.05, 3.63) is 41.3 Å². The highest BCUT2D eigenvalue weighted by Gasteiger charge is 2.33. The fraction of sp³-hybridized carbons (Fsp3) is 0.389. The Bertz CT molecular complexity index is 715. The lowest BCUT2D eigenvalue weighted by Crippen LogP contribution is -2.46. The fourth-order valence-corrected chi connectivity index (χ4v) is 4.60. The minimum Gasteiger partial charge on any atom is -0.508 e. The summed E-state index contributed by atoms with van der Waals surface area (Å²) < 4.78 is 0. The van der Waals surface area contributed by atoms with Crippen molar-refractivity contribution >= 4 is 17.2 Å². The van der Waals surface area contributed by atoms with E-state index in [0.717, 1.165) is 34.2 Å². The average molecular weight is 328 g/mol. The summed E-state index contributed by atoms with van der Waals surface area (Å²) in [7, 11) is 0. The van der Waals surface area contributed by atoms with E-state index in [1.54, 1.807) is 12.1 Å². The number of carbonyl (C=O) groups is 1. The molecule has 120 valence electrons. The summed E-state index contributed by atoms with van der Waals surface area (Å²) in [6.45, 7) is 3.36. The Morgan fingerprint density at radius 1 is 1.26 bits per heavy atom. The molecule has 0 spiro atoms. The normalized spacial score (nSPS) is 26.2. The third-order valence-electron chi connectivity index (χ3n) is 4.76. The lowest BCUT2D eigenvalue weighted by atomic mass is 9.97. The van der Waals surface area contributed by atoms with E-state index in [1.807, 2.05) is 24.3 Å². The van der Waals surface area contributed by atoms with Crippen molar-refractivity contribution in [2.75, 3.05) is 19.6 Å². The van der Waals surface area contributed by atoms with Gasteiger partial charge in [-0.1, -0.05) is 12.1 Å². The SMILES string of the molecule is O=C(NC1CC2CCN(C2)C1)c1ccc(-c2cccc(O)c2)s1. The van der Waals surface area contributed by atoms with Crippen LogP contribution in [0.15, 0.2) is 36.4 Å². The second-order valence-electron chi connectivity index (χ2n) is 6.53. The van der Waals surface area contributed by atoms with Crippen molar-refractivity contribution in [3.8, 4) is 16.2 Å². The largest absolute Gasteiger partial charge is 0.508 e. The highest BCUT2D eigenvalue weighted by Crippen LogP contribution is 2.31. The predicted molar refractivity (Wildman–Crippen MR) is 91.8 cm³/mol. The van der Waals surface area contributed by atoms with Crippen LogP contribution in [-0.2, 0) is 0 Å². The molecule has 4 rings (SSSR count). The smallest absolute Gasteiger partial charge is 0.261 e. The van der Waals surface area contributed by atoms with Crippen LogP contribution >= 0.6 is 11.3 Å². The number of fused-ring (bicyclic) bond motifs is 2. The summed E-state index contributed by atoms with van der Waals surface area (Å²) in [5.41, 5.74) is 0.941. The van der Waals surface area contributed by atoms with Crippen LogP contribution < -0.4 is 5.32 Å². The van der Waals surface area contributed by atoms with Gasteiger partial charge in [-0.05, 0) is 55.1 Å². The number of carbonyl (C=O) groups excluding carboxylic acids is 1. The minimum absolute atomic E-state index is 0.0221. The van der Waals surface area contributed by atoms with Crippen LogP contribution in [0.3, 0.4) is 0 Å². The molecule has 0 radical (unpaired) electrons. The first-order valence-corrected chi connectivity index (χ1v) is 8.91. The van der Waals surface area contributed by atoms with Gasteiger partial charge in [0.15, 0.2) is 0 Å². The Morgan fingerprint density at radius 3 is 3.00 bits per heavy atom. The molecule has 2 bridgehead atoms. The Labute approximate surface area is 139 Å². The number of nitrogens with one attached hydrogen (secondary N) is 1. The number of piperidine rings is 1. The predicted octanol–water partition coefficient (Wildman–Crippen LogP) is 2.94. The van der Waals surface area contributed by atoms with Gasteiger partial charge in [0.25, 0.3) is 5.91 Å². The highest BCUT2D eigenvalue weighted by molar-refractivity contribution is 7.17. The zero-order valence-electron chi connectivity index (χ0n) is 12.9. The number of aromatic hydroxyl groups is 1. The molecular weight excluding hydrogens is 308 g/mol. The lowest BCUT2D eigenvalue weighted by Gasteiger charge is -2.30. The zero-order chi connectivity index (χ0) is 15.8. The van der Waals surface area contributed by atoms with Gasteiger partial charge in [-0.3, -0.25) is 4.79 Å². The molecule has 3 heterocycles. The first-order valence-electron chi connectivity index (χ1n) is 8.10. The van der Waals surface area contributed by atoms with Crippen LogP contribution in [0, 0.1) is 5.92 Å². The Hall–Kier alpha value is -1.85. The zero-order valence-corrected chi connectivity index (χ0v) is 13.7. The van der Waals surface area contributed by atoms with Gasteiger partial charge in [0, 0.05) is 24.0 Å². The highest BCUT2D eigenvalue weighted by atomic mass is 32.1. The summed E-state index contributed by atoms with van der Waals surface area (Å²) in [6, 6.07) is 11.2. The summed E-state index contributed by atoms with van der Waals surface area (Å²) in [5, 5.41) is 12.8. The number of hydrogen-bond donors (Lipinski definition) is 2. The van der Waals surface area contributed by atoms with Crippen LogP contribution in [0.4, 0.5) is 0 Å². The molecule has 2 aromatic rings. The molecule has 3 atom stereocenters. The molecular formula is C18H20N2O2S. The first-order chi connectivity index (χ1) is 11.2. The molecule has 1 aromatic heterocycles. The number of thiophene rings is 1. The topological polar surface area (TPSA) is 52.6 Å². The van der Waals surface area contributed by atoms with Crippen LogP contribution in [0.25, 0.3) is 10.4 Å². The monoisotopic (exact) mass is 328 g/mol. The molecule has 2 aliphatic heterocycles. The Balaban J connectivity index is 1.45. The number of benzene rings is 1. The Morgan fingerprint density at radius 2 is 2.17 bits per heavy atom. The van der Waals surface area contributed by atoms with Crippen LogP contribution in [0.1, 0.15) is 22.5 Å². The molecule has 0 saturated carbocycles. The summed E-state index contributed by atoms with van der Waals surface area (Å²) in [6.07, 6.45) is 2.38. The van der Waals surface area contributed by atoms with E-state index in [-0.39, 0.29) is 17.7 Å². The van der Waals surface area contributed by atoms with E-state index in [1.165, 1.54) is 30.8 Å². The van der Waals surface area contributed by atoms with Gasteiger partial charge < -0.3 is 15.3 Å². The number of hydrogen-bond acceptors (Lipinski definition) is 4. The quantitative estimate of drug-likeness (QED) is 0.911. The van der Waals surface area contributed by atoms with Gasteiger partial charge in [0.1, 0.15) is 5.75 Å². The van der Waals surface area contributed by atoms with Gasteiger partial charge >= 0.3 is 0 Å². The Kier molecular flexibility index (Phi) is 3.83. The summed E-state index contributed by atoms with van der Waals surface area (Å²) in [5.74, 6) is 1.02. The van der Waals surface area contributed by atoms with E-state index >= 15 is 0 Å². The molecule has 2 saturated heterocycles. The van der Waals surface area contributed by atoms with Crippen LogP contribution in [0.5, 0.6) is 5.75 Å². The average Bonchev–Trinajstić information content (AvgIpc) is 3.14. The van der Waals surface area contributed by atoms with E-state index < -0.39 is 0 Å². The molecule has 1 aromatic carbocycles. The molecule has 4 nitrogen and oxygen atoms in total. The molecule has 23 heavy (non-hydrogen) atoms. The number of amides is 1. The number of phenolic OH excluding ortho intramolecular Hbond substituents is 1. The molecule has 2 fully saturated rings. The second kappa shape index (κ2) is 5.98. The van der Waals surface area contributed by atoms with Gasteiger partial charge in [-0.25, -0.2) is 0 Å². The summed E-state index contributed by atoms with van der Waals surface area (Å²) >= 11 is 1.47. The third kappa shape index (κ3) is 3.12. The lowest BCUT2D eigenvalue weighted by molar-refractivity contribution is 0.0913. The van der Waals surface area contributed by atoms with E-state index in [2.05, 4.69) is 10.2 Å². The molecule has 2 N–H and O–H groups in total. The van der Waals surface area contributed by atoms with Crippen molar-refractivity contribution in [2.24, 2.45) is 5.92 Å². The standard InChI is InChI=1S/C18H20N2O2S/c21-15-3-1-2-13(9-15)16-4-5-17(23-16)18(22)19-14-8-12-6-7-20(10-12)11-14/h1-5,9,12,14,21H,6-8,10-11H2,(H,19,22). The van der Waals surface area contributed by atoms with Crippen molar-refractivity contribution < 1.29 is 9.90 Å². The van der Waals surface area contributed by atoms with Crippen molar-refractivity contribution in [3.63, 3.8) is 0 Å². The van der Waals surface area contributed by atoms with Crippen LogP contribution in [-0.4, -0.2) is 41.6 Å².